The van der Waals surface area contributed by atoms with Crippen molar-refractivity contribution in [2.45, 2.75) is 44.8 Å². The lowest BCUT2D eigenvalue weighted by Crippen LogP contribution is -2.55. The molecular formula is C14H26N2O2. The molecule has 0 aromatic carbocycles. The lowest BCUT2D eigenvalue weighted by molar-refractivity contribution is -0.237. The number of hydrogen-bond donors (Lipinski definition) is 0. The molecule has 104 valence electrons. The predicted molar refractivity (Wildman–Crippen MR) is 70.2 cm³/mol. The standard InChI is InChI=1S/C14H26N2O2/c1-13(2)10-11(14(3,4)16(13)17-5)12(10)15-6-8-18-9-7-15/h10-12H,6-9H2,1-5H3. The summed E-state index contributed by atoms with van der Waals surface area (Å²) in [6.45, 7) is 13.3. The molecule has 2 aliphatic heterocycles. The first-order valence-electron chi connectivity index (χ1n) is 7.08. The summed E-state index contributed by atoms with van der Waals surface area (Å²) in [5.74, 6) is 1.45. The van der Waals surface area contributed by atoms with Crippen molar-refractivity contribution < 1.29 is 9.57 Å². The molecule has 0 spiro atoms. The van der Waals surface area contributed by atoms with Crippen molar-refractivity contribution in [1.82, 2.24) is 9.96 Å². The van der Waals surface area contributed by atoms with Crippen LogP contribution in [0.3, 0.4) is 0 Å². The lowest BCUT2D eigenvalue weighted by Gasteiger charge is -2.44. The highest BCUT2D eigenvalue weighted by atomic mass is 16.7. The molecule has 2 heterocycles. The monoisotopic (exact) mass is 254 g/mol. The van der Waals surface area contributed by atoms with E-state index in [4.69, 9.17) is 9.57 Å². The van der Waals surface area contributed by atoms with Crippen LogP contribution in [0, 0.1) is 11.8 Å². The van der Waals surface area contributed by atoms with E-state index in [2.05, 4.69) is 37.7 Å². The SMILES string of the molecule is CON1C(C)(C)C2C(N3CCOCC3)C2C1(C)C. The molecule has 3 fully saturated rings. The molecule has 0 aromatic rings. The van der Waals surface area contributed by atoms with Crippen LogP contribution in [0.15, 0.2) is 0 Å². The van der Waals surface area contributed by atoms with Gasteiger partial charge in [0.25, 0.3) is 0 Å². The minimum atomic E-state index is 0.131. The van der Waals surface area contributed by atoms with Gasteiger partial charge in [-0.05, 0) is 27.7 Å². The summed E-state index contributed by atoms with van der Waals surface area (Å²) in [6, 6.07) is 0.727. The Morgan fingerprint density at radius 2 is 1.50 bits per heavy atom. The van der Waals surface area contributed by atoms with Gasteiger partial charge in [0.15, 0.2) is 0 Å². The molecule has 3 aliphatic rings. The Hall–Kier alpha value is -0.160. The Morgan fingerprint density at radius 3 is 1.94 bits per heavy atom. The maximum Gasteiger partial charge on any atom is 0.0594 e. The Bertz CT molecular complexity index is 315. The molecule has 1 saturated carbocycles. The summed E-state index contributed by atoms with van der Waals surface area (Å²) in [7, 11) is 1.80. The first kappa shape index (κ1) is 12.9. The van der Waals surface area contributed by atoms with Crippen LogP contribution >= 0.6 is 0 Å². The normalized spacial score (nSPS) is 42.8. The number of morpholine rings is 1. The molecule has 3 rings (SSSR count). The van der Waals surface area contributed by atoms with Crippen LogP contribution in [0.25, 0.3) is 0 Å². The van der Waals surface area contributed by atoms with E-state index in [-0.39, 0.29) is 11.1 Å². The lowest BCUT2D eigenvalue weighted by atomic mass is 9.97. The molecule has 1 aliphatic carbocycles. The minimum absolute atomic E-state index is 0.131. The molecule has 2 saturated heterocycles. The first-order chi connectivity index (χ1) is 8.42. The maximum atomic E-state index is 5.67. The number of hydrogen-bond acceptors (Lipinski definition) is 4. The van der Waals surface area contributed by atoms with Crippen molar-refractivity contribution in [1.29, 1.82) is 0 Å². The summed E-state index contributed by atoms with van der Waals surface area (Å²) in [5.41, 5.74) is 0.262. The third-order valence-electron chi connectivity index (χ3n) is 5.31. The van der Waals surface area contributed by atoms with Crippen molar-refractivity contribution in [2.24, 2.45) is 11.8 Å². The van der Waals surface area contributed by atoms with Crippen molar-refractivity contribution in [2.75, 3.05) is 33.4 Å². The molecule has 0 aromatic heterocycles. The average molecular weight is 254 g/mol. The van der Waals surface area contributed by atoms with E-state index in [1.54, 1.807) is 7.11 Å². The van der Waals surface area contributed by atoms with Gasteiger partial charge in [-0.15, -0.1) is 0 Å². The van der Waals surface area contributed by atoms with Crippen LogP contribution < -0.4 is 0 Å². The molecule has 2 unspecified atom stereocenters. The Balaban J connectivity index is 1.81. The highest BCUT2D eigenvalue weighted by Crippen LogP contribution is 2.65. The van der Waals surface area contributed by atoms with E-state index in [0.717, 1.165) is 44.2 Å². The van der Waals surface area contributed by atoms with Crippen LogP contribution in [0.2, 0.25) is 0 Å². The predicted octanol–water partition coefficient (Wildman–Crippen LogP) is 1.37. The van der Waals surface area contributed by atoms with Gasteiger partial charge in [0.2, 0.25) is 0 Å². The molecule has 2 atom stereocenters. The molecule has 4 heteroatoms. The summed E-state index contributed by atoms with van der Waals surface area (Å²) in [5, 5.41) is 2.21. The average Bonchev–Trinajstić information content (AvgIpc) is 3.03. The van der Waals surface area contributed by atoms with Gasteiger partial charge in [-0.1, -0.05) is 0 Å². The van der Waals surface area contributed by atoms with Crippen LogP contribution in [0.1, 0.15) is 27.7 Å². The Kier molecular flexibility index (Phi) is 2.80. The second-order valence-electron chi connectivity index (χ2n) is 6.97. The topological polar surface area (TPSA) is 24.9 Å². The number of fused-ring (bicyclic) bond motifs is 1. The van der Waals surface area contributed by atoms with Crippen molar-refractivity contribution in [3.8, 4) is 0 Å². The third-order valence-corrected chi connectivity index (χ3v) is 5.31. The number of hydroxylamine groups is 2. The zero-order chi connectivity index (χ0) is 13.1. The van der Waals surface area contributed by atoms with Gasteiger partial charge < -0.3 is 9.57 Å². The molecule has 0 radical (unpaired) electrons. The Morgan fingerprint density at radius 1 is 1.00 bits per heavy atom. The second kappa shape index (κ2) is 3.92. The zero-order valence-electron chi connectivity index (χ0n) is 12.3. The largest absolute Gasteiger partial charge is 0.379 e. The zero-order valence-corrected chi connectivity index (χ0v) is 12.3. The third kappa shape index (κ3) is 1.52. The minimum Gasteiger partial charge on any atom is -0.379 e. The smallest absolute Gasteiger partial charge is 0.0594 e. The van der Waals surface area contributed by atoms with Gasteiger partial charge in [-0.25, -0.2) is 0 Å². The molecule has 0 amide bonds. The van der Waals surface area contributed by atoms with Gasteiger partial charge in [0.05, 0.1) is 20.3 Å². The number of ether oxygens (including phenoxy) is 1. The number of nitrogens with zero attached hydrogens (tertiary/aromatic N) is 2. The number of piperidine rings is 1. The Labute approximate surface area is 110 Å². The van der Waals surface area contributed by atoms with E-state index in [9.17, 15) is 0 Å². The second-order valence-corrected chi connectivity index (χ2v) is 6.97. The van der Waals surface area contributed by atoms with Gasteiger partial charge in [0, 0.05) is 42.0 Å². The molecule has 18 heavy (non-hydrogen) atoms. The summed E-state index contributed by atoms with van der Waals surface area (Å²) >= 11 is 0. The molecule has 0 bridgehead atoms. The quantitative estimate of drug-likeness (QED) is 0.743. The van der Waals surface area contributed by atoms with Crippen LogP contribution in [0.4, 0.5) is 0 Å². The van der Waals surface area contributed by atoms with Crippen molar-refractivity contribution in [3.63, 3.8) is 0 Å². The van der Waals surface area contributed by atoms with E-state index in [0.29, 0.717) is 0 Å². The number of rotatable bonds is 2. The van der Waals surface area contributed by atoms with Crippen molar-refractivity contribution in [3.05, 3.63) is 0 Å². The fourth-order valence-corrected chi connectivity index (χ4v) is 4.82. The van der Waals surface area contributed by atoms with Crippen LogP contribution in [0.5, 0.6) is 0 Å². The summed E-state index contributed by atoms with van der Waals surface area (Å²) in [6.07, 6.45) is 0. The van der Waals surface area contributed by atoms with Crippen LogP contribution in [-0.2, 0) is 9.57 Å². The first-order valence-corrected chi connectivity index (χ1v) is 7.08. The molecule has 4 nitrogen and oxygen atoms in total. The fraction of sp³-hybridized carbons (Fsp3) is 1.00. The van der Waals surface area contributed by atoms with Gasteiger partial charge >= 0.3 is 0 Å². The maximum absolute atomic E-state index is 5.67. The van der Waals surface area contributed by atoms with Crippen molar-refractivity contribution >= 4 is 0 Å². The van der Waals surface area contributed by atoms with Gasteiger partial charge in [-0.3, -0.25) is 4.90 Å². The highest BCUT2D eigenvalue weighted by Gasteiger charge is 2.74. The highest BCUT2D eigenvalue weighted by molar-refractivity contribution is 5.26. The molecular weight excluding hydrogens is 228 g/mol. The van der Waals surface area contributed by atoms with E-state index in [1.807, 2.05) is 0 Å². The molecule has 0 N–H and O–H groups in total. The van der Waals surface area contributed by atoms with Gasteiger partial charge in [0.1, 0.15) is 0 Å². The fourth-order valence-electron chi connectivity index (χ4n) is 4.82. The van der Waals surface area contributed by atoms with E-state index >= 15 is 0 Å². The summed E-state index contributed by atoms with van der Waals surface area (Å²) < 4.78 is 5.47. The summed E-state index contributed by atoms with van der Waals surface area (Å²) in [4.78, 5) is 8.30. The van der Waals surface area contributed by atoms with Gasteiger partial charge in [-0.2, -0.15) is 5.06 Å². The van der Waals surface area contributed by atoms with E-state index < -0.39 is 0 Å². The van der Waals surface area contributed by atoms with E-state index in [1.165, 1.54) is 0 Å². The van der Waals surface area contributed by atoms with Crippen LogP contribution in [-0.4, -0.2) is 60.5 Å².